The Hall–Kier alpha value is -2.64. The molecule has 2 N–H and O–H groups in total. The van der Waals surface area contributed by atoms with Crippen molar-refractivity contribution in [1.29, 1.82) is 0 Å². The predicted molar refractivity (Wildman–Crippen MR) is 125 cm³/mol. The number of benzene rings is 2. The van der Waals surface area contributed by atoms with Gasteiger partial charge in [-0.1, -0.05) is 53.7 Å². The van der Waals surface area contributed by atoms with Crippen molar-refractivity contribution >= 4 is 17.7 Å². The summed E-state index contributed by atoms with van der Waals surface area (Å²) in [6, 6.07) is 21.1. The Morgan fingerprint density at radius 2 is 1.91 bits per heavy atom. The number of quaternary nitrogens is 1. The zero-order chi connectivity index (χ0) is 21.8. The Morgan fingerprint density at radius 1 is 1.12 bits per heavy atom. The number of amides is 1. The van der Waals surface area contributed by atoms with Crippen LogP contribution < -0.4 is 10.2 Å². The zero-order valence-corrected chi connectivity index (χ0v) is 19.0. The number of nitrogens with one attached hydrogen (secondary N) is 2. The summed E-state index contributed by atoms with van der Waals surface area (Å²) >= 11 is 1.79. The molecule has 4 heterocycles. The van der Waals surface area contributed by atoms with Gasteiger partial charge in [-0.05, 0) is 23.6 Å². The fourth-order valence-electron chi connectivity index (χ4n) is 5.13. The normalized spacial score (nSPS) is 24.4. The van der Waals surface area contributed by atoms with Gasteiger partial charge in [0.1, 0.15) is 6.04 Å². The van der Waals surface area contributed by atoms with E-state index < -0.39 is 0 Å². The SMILES string of the molecule is O=C(NCc1ccccc1)[C@H]1C[NH+]2CC[C@H]1C[C@@H]2Cn1cc(CSc2ccccc2)nn1. The summed E-state index contributed by atoms with van der Waals surface area (Å²) in [5.41, 5.74) is 2.17. The molecule has 2 aromatic carbocycles. The van der Waals surface area contributed by atoms with Crippen molar-refractivity contribution in [3.05, 3.63) is 78.1 Å². The first-order valence-electron chi connectivity index (χ1n) is 11.5. The third-order valence-electron chi connectivity index (χ3n) is 6.82. The lowest BCUT2D eigenvalue weighted by atomic mass is 9.75. The maximum absolute atomic E-state index is 12.9. The van der Waals surface area contributed by atoms with Gasteiger partial charge in [0.25, 0.3) is 0 Å². The summed E-state index contributed by atoms with van der Waals surface area (Å²) in [5.74, 6) is 1.66. The van der Waals surface area contributed by atoms with Gasteiger partial charge in [-0.3, -0.25) is 4.79 Å². The van der Waals surface area contributed by atoms with Gasteiger partial charge in [0.05, 0.1) is 31.2 Å². The highest BCUT2D eigenvalue weighted by Gasteiger charge is 2.46. The van der Waals surface area contributed by atoms with Crippen molar-refractivity contribution in [2.75, 3.05) is 13.1 Å². The number of nitrogens with zero attached hydrogens (tertiary/aromatic N) is 3. The van der Waals surface area contributed by atoms with E-state index in [4.69, 9.17) is 0 Å². The van der Waals surface area contributed by atoms with Crippen molar-refractivity contribution in [3.63, 3.8) is 0 Å². The molecule has 3 fully saturated rings. The lowest BCUT2D eigenvalue weighted by molar-refractivity contribution is -0.945. The molecule has 0 spiro atoms. The van der Waals surface area contributed by atoms with Gasteiger partial charge in [0, 0.05) is 36.2 Å². The van der Waals surface area contributed by atoms with Gasteiger partial charge in [-0.25, -0.2) is 4.68 Å². The Kier molecular flexibility index (Phi) is 6.55. The molecule has 6 rings (SSSR count). The van der Waals surface area contributed by atoms with Gasteiger partial charge < -0.3 is 10.2 Å². The smallest absolute Gasteiger partial charge is 0.229 e. The standard InChI is InChI=1S/C25H29N5OS/c31-25(26-14-19-7-3-1-4-8-19)24-17-29-12-11-20(24)13-22(29)16-30-15-21(27-28-30)18-32-23-9-5-2-6-10-23/h1-10,15,20,22,24H,11-14,16-18H2,(H,26,31)/p+1/t20-,22+,24-/m0/s1. The molecular weight excluding hydrogens is 418 g/mol. The Balaban J connectivity index is 1.12. The van der Waals surface area contributed by atoms with Gasteiger partial charge in [0.2, 0.25) is 5.91 Å². The van der Waals surface area contributed by atoms with E-state index in [2.05, 4.69) is 58.2 Å². The van der Waals surface area contributed by atoms with Crippen molar-refractivity contribution < 1.29 is 9.69 Å². The van der Waals surface area contributed by atoms with Crippen LogP contribution in [0.3, 0.4) is 0 Å². The van der Waals surface area contributed by atoms with E-state index in [1.165, 1.54) is 4.90 Å². The molecule has 6 nitrogen and oxygen atoms in total. The number of fused-ring (bicyclic) bond motifs is 3. The highest BCUT2D eigenvalue weighted by atomic mass is 32.2. The third-order valence-corrected chi connectivity index (χ3v) is 7.87. The van der Waals surface area contributed by atoms with E-state index in [1.807, 2.05) is 28.9 Å². The second kappa shape index (κ2) is 9.88. The van der Waals surface area contributed by atoms with E-state index in [1.54, 1.807) is 16.7 Å². The van der Waals surface area contributed by atoms with E-state index in [9.17, 15) is 4.79 Å². The first-order valence-corrected chi connectivity index (χ1v) is 12.5. The van der Waals surface area contributed by atoms with Crippen LogP contribution in [0.1, 0.15) is 24.1 Å². The van der Waals surface area contributed by atoms with Crippen LogP contribution in [0.4, 0.5) is 0 Å². The maximum atomic E-state index is 12.9. The number of hydrogen-bond acceptors (Lipinski definition) is 4. The molecule has 2 bridgehead atoms. The molecule has 3 aliphatic heterocycles. The van der Waals surface area contributed by atoms with Crippen molar-refractivity contribution in [3.8, 4) is 0 Å². The summed E-state index contributed by atoms with van der Waals surface area (Å²) < 4.78 is 2.00. The van der Waals surface area contributed by atoms with Crippen LogP contribution in [0.5, 0.6) is 0 Å². The molecule has 4 atom stereocenters. The highest BCUT2D eigenvalue weighted by molar-refractivity contribution is 7.98. The number of hydrogen-bond donors (Lipinski definition) is 2. The molecule has 32 heavy (non-hydrogen) atoms. The molecule has 0 aliphatic carbocycles. The lowest BCUT2D eigenvalue weighted by Crippen LogP contribution is -3.20. The van der Waals surface area contributed by atoms with Crippen molar-refractivity contribution in [2.24, 2.45) is 11.8 Å². The summed E-state index contributed by atoms with van der Waals surface area (Å²) in [6.07, 6.45) is 4.32. The molecule has 1 amide bonds. The zero-order valence-electron chi connectivity index (χ0n) is 18.2. The summed E-state index contributed by atoms with van der Waals surface area (Å²) in [5, 5.41) is 11.9. The van der Waals surface area contributed by atoms with Crippen LogP contribution >= 0.6 is 11.8 Å². The minimum Gasteiger partial charge on any atom is -0.352 e. The molecule has 3 aliphatic rings. The number of aromatic nitrogens is 3. The van der Waals surface area contributed by atoms with Gasteiger partial charge >= 0.3 is 0 Å². The van der Waals surface area contributed by atoms with Crippen molar-refractivity contribution in [2.45, 2.75) is 42.6 Å². The first-order chi connectivity index (χ1) is 15.7. The average molecular weight is 449 g/mol. The molecule has 1 aromatic heterocycles. The molecule has 166 valence electrons. The molecule has 3 saturated heterocycles. The van der Waals surface area contributed by atoms with Gasteiger partial charge in [0.15, 0.2) is 0 Å². The molecular formula is C25H30N5OS+. The maximum Gasteiger partial charge on any atom is 0.229 e. The fourth-order valence-corrected chi connectivity index (χ4v) is 5.92. The van der Waals surface area contributed by atoms with Crippen LogP contribution in [0.15, 0.2) is 71.8 Å². The second-order valence-corrected chi connectivity index (χ2v) is 9.99. The molecule has 3 aromatic rings. The van der Waals surface area contributed by atoms with Crippen LogP contribution in [0.25, 0.3) is 0 Å². The van der Waals surface area contributed by atoms with Crippen LogP contribution in [0, 0.1) is 11.8 Å². The number of thioether (sulfide) groups is 1. The van der Waals surface area contributed by atoms with Gasteiger partial charge in [-0.2, -0.15) is 0 Å². The summed E-state index contributed by atoms with van der Waals surface area (Å²) in [6.45, 7) is 3.59. The van der Waals surface area contributed by atoms with Crippen LogP contribution in [0.2, 0.25) is 0 Å². The molecule has 7 heteroatoms. The monoisotopic (exact) mass is 448 g/mol. The highest BCUT2D eigenvalue weighted by Crippen LogP contribution is 2.28. The van der Waals surface area contributed by atoms with Crippen molar-refractivity contribution in [1.82, 2.24) is 20.3 Å². The van der Waals surface area contributed by atoms with Crippen LogP contribution in [-0.4, -0.2) is 40.0 Å². The number of carbonyl (C=O) groups excluding carboxylic acids is 1. The molecule has 1 unspecified atom stereocenters. The number of carbonyl (C=O) groups is 1. The van der Waals surface area contributed by atoms with E-state index in [0.29, 0.717) is 18.5 Å². The largest absolute Gasteiger partial charge is 0.352 e. The predicted octanol–water partition coefficient (Wildman–Crippen LogP) is 2.18. The third kappa shape index (κ3) is 5.05. The fraction of sp³-hybridized carbons (Fsp3) is 0.400. The van der Waals surface area contributed by atoms with Crippen LogP contribution in [-0.2, 0) is 23.6 Å². The Bertz CT molecular complexity index is 1030. The van der Waals surface area contributed by atoms with E-state index in [-0.39, 0.29) is 11.8 Å². The number of rotatable bonds is 8. The minimum atomic E-state index is 0.132. The van der Waals surface area contributed by atoms with E-state index in [0.717, 1.165) is 49.5 Å². The average Bonchev–Trinajstić information content (AvgIpc) is 3.30. The topological polar surface area (TPSA) is 64.2 Å². The second-order valence-electron chi connectivity index (χ2n) is 8.94. The summed E-state index contributed by atoms with van der Waals surface area (Å²) in [7, 11) is 0. The molecule has 0 saturated carbocycles. The van der Waals surface area contributed by atoms with Gasteiger partial charge in [-0.15, -0.1) is 16.9 Å². The Labute approximate surface area is 193 Å². The lowest BCUT2D eigenvalue weighted by Gasteiger charge is -2.46. The Morgan fingerprint density at radius 3 is 2.66 bits per heavy atom. The summed E-state index contributed by atoms with van der Waals surface area (Å²) in [4.78, 5) is 15.7. The first kappa shape index (κ1) is 21.2. The minimum absolute atomic E-state index is 0.132. The van der Waals surface area contributed by atoms with E-state index >= 15 is 0 Å². The number of piperidine rings is 3. The quantitative estimate of drug-likeness (QED) is 0.519. The molecule has 0 radical (unpaired) electrons.